The summed E-state index contributed by atoms with van der Waals surface area (Å²) in [5, 5.41) is 0.0290. The van der Waals surface area contributed by atoms with Gasteiger partial charge in [0.1, 0.15) is 11.9 Å². The van der Waals surface area contributed by atoms with Crippen LogP contribution >= 0.6 is 11.6 Å². The highest BCUT2D eigenvalue weighted by Gasteiger charge is 2.40. The lowest BCUT2D eigenvalue weighted by molar-refractivity contribution is 0.190. The van der Waals surface area contributed by atoms with E-state index in [2.05, 4.69) is 33.9 Å². The van der Waals surface area contributed by atoms with E-state index in [9.17, 15) is 4.39 Å². The Bertz CT molecular complexity index is 451. The number of alkyl halides is 1. The molecule has 0 aromatic heterocycles. The SMILES string of the molecule is CC(C)(C)[Si](C)(C)OC(/C(F)=C/CCl)c1ccccc1. The fraction of sp³-hybridized carbons (Fsp3) is 0.500. The molecule has 0 aliphatic rings. The Morgan fingerprint density at radius 2 is 1.85 bits per heavy atom. The number of allylic oxidation sites excluding steroid dienone is 1. The molecule has 0 amide bonds. The molecule has 0 bridgehead atoms. The summed E-state index contributed by atoms with van der Waals surface area (Å²) < 4.78 is 20.6. The molecule has 0 spiro atoms. The summed E-state index contributed by atoms with van der Waals surface area (Å²) >= 11 is 5.63. The largest absolute Gasteiger partial charge is 0.404 e. The fourth-order valence-electron chi connectivity index (χ4n) is 1.56. The number of halogens is 2. The third-order valence-electron chi connectivity index (χ3n) is 3.84. The smallest absolute Gasteiger partial charge is 0.193 e. The second kappa shape index (κ2) is 6.88. The van der Waals surface area contributed by atoms with Gasteiger partial charge in [0.25, 0.3) is 0 Å². The molecule has 20 heavy (non-hydrogen) atoms. The van der Waals surface area contributed by atoms with Crippen LogP contribution in [-0.4, -0.2) is 14.2 Å². The normalized spacial score (nSPS) is 15.2. The average molecular weight is 315 g/mol. The first-order valence-electron chi connectivity index (χ1n) is 6.83. The van der Waals surface area contributed by atoms with Crippen molar-refractivity contribution in [2.24, 2.45) is 0 Å². The zero-order chi connectivity index (χ0) is 15.4. The van der Waals surface area contributed by atoms with Gasteiger partial charge in [-0.25, -0.2) is 4.39 Å². The lowest BCUT2D eigenvalue weighted by Gasteiger charge is -2.39. The van der Waals surface area contributed by atoms with Crippen LogP contribution in [0.4, 0.5) is 4.39 Å². The Hall–Kier alpha value is -0.643. The highest BCUT2D eigenvalue weighted by Crippen LogP contribution is 2.41. The minimum absolute atomic E-state index is 0.0290. The van der Waals surface area contributed by atoms with Crippen molar-refractivity contribution in [2.75, 3.05) is 5.88 Å². The first-order valence-corrected chi connectivity index (χ1v) is 10.3. The van der Waals surface area contributed by atoms with E-state index in [0.717, 1.165) is 5.56 Å². The standard InChI is InChI=1S/C16H24ClFOSi/c1-16(2,3)20(4,5)19-15(14(18)11-12-17)13-9-7-6-8-10-13/h6-11,15H,12H2,1-5H3/b14-11-. The Balaban J connectivity index is 3.11. The molecule has 1 aromatic carbocycles. The number of hydrogen-bond acceptors (Lipinski definition) is 1. The Morgan fingerprint density at radius 3 is 2.30 bits per heavy atom. The van der Waals surface area contributed by atoms with Crippen LogP contribution in [0.2, 0.25) is 18.1 Å². The summed E-state index contributed by atoms with van der Waals surface area (Å²) in [7, 11) is -2.07. The molecule has 0 aliphatic carbocycles. The summed E-state index contributed by atoms with van der Waals surface area (Å²) in [6.07, 6.45) is 0.725. The van der Waals surface area contributed by atoms with Gasteiger partial charge in [0.2, 0.25) is 0 Å². The lowest BCUT2D eigenvalue weighted by Crippen LogP contribution is -2.42. The fourth-order valence-corrected chi connectivity index (χ4v) is 2.90. The highest BCUT2D eigenvalue weighted by atomic mass is 35.5. The van der Waals surface area contributed by atoms with Crippen molar-refractivity contribution >= 4 is 19.9 Å². The van der Waals surface area contributed by atoms with Crippen molar-refractivity contribution in [3.8, 4) is 0 Å². The zero-order valence-electron chi connectivity index (χ0n) is 12.9. The number of benzene rings is 1. The van der Waals surface area contributed by atoms with Gasteiger partial charge >= 0.3 is 0 Å². The van der Waals surface area contributed by atoms with Crippen LogP contribution in [-0.2, 0) is 4.43 Å². The van der Waals surface area contributed by atoms with Crippen molar-refractivity contribution in [1.82, 2.24) is 0 Å². The van der Waals surface area contributed by atoms with Crippen molar-refractivity contribution in [3.63, 3.8) is 0 Å². The van der Waals surface area contributed by atoms with Crippen LogP contribution < -0.4 is 0 Å². The molecule has 4 heteroatoms. The topological polar surface area (TPSA) is 9.23 Å². The molecule has 0 N–H and O–H groups in total. The van der Waals surface area contributed by atoms with Crippen molar-refractivity contribution in [3.05, 3.63) is 47.8 Å². The number of rotatable bonds is 5. The molecule has 0 fully saturated rings. The summed E-state index contributed by atoms with van der Waals surface area (Å²) in [6.45, 7) is 10.7. The van der Waals surface area contributed by atoms with Crippen LogP contribution in [0.15, 0.2) is 42.2 Å². The summed E-state index contributed by atoms with van der Waals surface area (Å²) in [4.78, 5) is 0. The van der Waals surface area contributed by atoms with E-state index in [1.807, 2.05) is 30.3 Å². The van der Waals surface area contributed by atoms with E-state index >= 15 is 0 Å². The van der Waals surface area contributed by atoms with Gasteiger partial charge in [-0.1, -0.05) is 51.1 Å². The van der Waals surface area contributed by atoms with E-state index in [1.54, 1.807) is 0 Å². The van der Waals surface area contributed by atoms with E-state index in [1.165, 1.54) is 6.08 Å². The first-order chi connectivity index (χ1) is 9.19. The molecule has 1 nitrogen and oxygen atoms in total. The van der Waals surface area contributed by atoms with Crippen LogP contribution in [0.3, 0.4) is 0 Å². The average Bonchev–Trinajstić information content (AvgIpc) is 2.36. The van der Waals surface area contributed by atoms with Gasteiger partial charge in [0, 0.05) is 5.88 Å². The van der Waals surface area contributed by atoms with Crippen molar-refractivity contribution in [1.29, 1.82) is 0 Å². The molecular formula is C16H24ClFOSi. The van der Waals surface area contributed by atoms with Crippen LogP contribution in [0, 0.1) is 0 Å². The Labute approximate surface area is 127 Å². The molecule has 112 valence electrons. The first kappa shape index (κ1) is 17.4. The molecule has 0 saturated carbocycles. The van der Waals surface area contributed by atoms with E-state index in [4.69, 9.17) is 16.0 Å². The van der Waals surface area contributed by atoms with Gasteiger partial charge in [0.15, 0.2) is 8.32 Å². The van der Waals surface area contributed by atoms with Crippen molar-refractivity contribution < 1.29 is 8.82 Å². The molecule has 1 unspecified atom stereocenters. The minimum atomic E-state index is -2.07. The molecule has 1 rings (SSSR count). The molecule has 1 aromatic rings. The van der Waals surface area contributed by atoms with Gasteiger partial charge in [-0.05, 0) is 29.8 Å². The van der Waals surface area contributed by atoms with Crippen molar-refractivity contribution in [2.45, 2.75) is 45.0 Å². The quantitative estimate of drug-likeness (QED) is 0.490. The maximum absolute atomic E-state index is 14.3. The molecular weight excluding hydrogens is 291 g/mol. The molecule has 0 heterocycles. The van der Waals surface area contributed by atoms with Crippen LogP contribution in [0.25, 0.3) is 0 Å². The van der Waals surface area contributed by atoms with E-state index in [-0.39, 0.29) is 16.7 Å². The zero-order valence-corrected chi connectivity index (χ0v) is 14.7. The second-order valence-electron chi connectivity index (χ2n) is 6.41. The lowest BCUT2D eigenvalue weighted by atomic mass is 10.1. The molecule has 0 aliphatic heterocycles. The predicted molar refractivity (Wildman–Crippen MR) is 87.4 cm³/mol. The highest BCUT2D eigenvalue weighted by molar-refractivity contribution is 6.74. The molecule has 0 saturated heterocycles. The Kier molecular flexibility index (Phi) is 5.99. The van der Waals surface area contributed by atoms with Gasteiger partial charge < -0.3 is 4.43 Å². The van der Waals surface area contributed by atoms with Gasteiger partial charge in [-0.2, -0.15) is 0 Å². The van der Waals surface area contributed by atoms with E-state index < -0.39 is 14.4 Å². The third-order valence-corrected chi connectivity index (χ3v) is 8.44. The van der Waals surface area contributed by atoms with Gasteiger partial charge in [-0.3, -0.25) is 0 Å². The maximum atomic E-state index is 14.3. The summed E-state index contributed by atoms with van der Waals surface area (Å²) in [5.41, 5.74) is 0.830. The molecule has 0 radical (unpaired) electrons. The minimum Gasteiger partial charge on any atom is -0.404 e. The van der Waals surface area contributed by atoms with Gasteiger partial charge in [-0.15, -0.1) is 11.6 Å². The summed E-state index contributed by atoms with van der Waals surface area (Å²) in [5.74, 6) is -0.160. The summed E-state index contributed by atoms with van der Waals surface area (Å²) in [6, 6.07) is 9.48. The van der Waals surface area contributed by atoms with Gasteiger partial charge in [0.05, 0.1) is 0 Å². The van der Waals surface area contributed by atoms with Crippen LogP contribution in [0.5, 0.6) is 0 Å². The third kappa shape index (κ3) is 4.44. The number of hydrogen-bond donors (Lipinski definition) is 0. The second-order valence-corrected chi connectivity index (χ2v) is 11.5. The Morgan fingerprint density at radius 1 is 1.30 bits per heavy atom. The van der Waals surface area contributed by atoms with Crippen LogP contribution in [0.1, 0.15) is 32.4 Å². The predicted octanol–water partition coefficient (Wildman–Crippen LogP) is 5.84. The molecule has 1 atom stereocenters. The maximum Gasteiger partial charge on any atom is 0.193 e. The monoisotopic (exact) mass is 314 g/mol. The van der Waals surface area contributed by atoms with E-state index in [0.29, 0.717) is 0 Å².